The van der Waals surface area contributed by atoms with Crippen molar-refractivity contribution < 1.29 is 27.8 Å². The minimum atomic E-state index is -4.74. The van der Waals surface area contributed by atoms with Gasteiger partial charge in [-0.25, -0.2) is 4.79 Å². The summed E-state index contributed by atoms with van der Waals surface area (Å²) in [5.41, 5.74) is 1.62. The van der Waals surface area contributed by atoms with Crippen LogP contribution in [0.25, 0.3) is 0 Å². The van der Waals surface area contributed by atoms with Crippen LogP contribution in [0.5, 0.6) is 5.75 Å². The predicted molar refractivity (Wildman–Crippen MR) is 70.8 cm³/mol. The lowest BCUT2D eigenvalue weighted by Crippen LogP contribution is -2.17. The Labute approximate surface area is 123 Å². The van der Waals surface area contributed by atoms with Gasteiger partial charge in [0, 0.05) is 19.2 Å². The van der Waals surface area contributed by atoms with Crippen molar-refractivity contribution in [2.45, 2.75) is 19.7 Å². The zero-order valence-electron chi connectivity index (χ0n) is 11.8. The van der Waals surface area contributed by atoms with E-state index < -0.39 is 12.3 Å². The average Bonchev–Trinajstić information content (AvgIpc) is 2.65. The van der Waals surface area contributed by atoms with E-state index in [1.165, 1.54) is 28.9 Å². The summed E-state index contributed by atoms with van der Waals surface area (Å²) < 4.78 is 41.5. The van der Waals surface area contributed by atoms with Gasteiger partial charge in [-0.05, 0) is 24.6 Å². The number of nitrogens with zero attached hydrogens (tertiary/aromatic N) is 2. The molecule has 0 spiro atoms. The molecule has 1 aromatic carbocycles. The van der Waals surface area contributed by atoms with Gasteiger partial charge in [-0.15, -0.1) is 13.2 Å². The molecule has 2 aromatic rings. The number of aryl methyl sites for hydroxylation is 1. The average molecular weight is 314 g/mol. The van der Waals surface area contributed by atoms with Crippen LogP contribution in [0.2, 0.25) is 0 Å². The fourth-order valence-corrected chi connectivity index (χ4v) is 2.08. The van der Waals surface area contributed by atoms with Gasteiger partial charge in [0.2, 0.25) is 0 Å². The van der Waals surface area contributed by atoms with Crippen LogP contribution in [0.4, 0.5) is 13.2 Å². The van der Waals surface area contributed by atoms with Crippen LogP contribution in [0.3, 0.4) is 0 Å². The van der Waals surface area contributed by atoms with Gasteiger partial charge < -0.3 is 9.84 Å². The molecule has 1 N–H and O–H groups in total. The van der Waals surface area contributed by atoms with Crippen molar-refractivity contribution in [2.75, 3.05) is 0 Å². The molecule has 8 heteroatoms. The monoisotopic (exact) mass is 314 g/mol. The maximum absolute atomic E-state index is 12.1. The van der Waals surface area contributed by atoms with Gasteiger partial charge in [-0.1, -0.05) is 12.1 Å². The molecule has 118 valence electrons. The zero-order chi connectivity index (χ0) is 16.5. The maximum Gasteiger partial charge on any atom is 0.573 e. The van der Waals surface area contributed by atoms with Crippen molar-refractivity contribution in [1.82, 2.24) is 9.78 Å². The van der Waals surface area contributed by atoms with Crippen molar-refractivity contribution >= 4 is 5.97 Å². The Balaban J connectivity index is 2.22. The van der Waals surface area contributed by atoms with Crippen LogP contribution in [0.1, 0.15) is 27.3 Å². The number of aromatic nitrogens is 2. The number of rotatable bonds is 4. The molecule has 2 rings (SSSR count). The van der Waals surface area contributed by atoms with Gasteiger partial charge in [0.05, 0.1) is 5.69 Å². The summed E-state index contributed by atoms with van der Waals surface area (Å²) >= 11 is 0. The highest BCUT2D eigenvalue weighted by Crippen LogP contribution is 2.24. The van der Waals surface area contributed by atoms with Crippen molar-refractivity contribution in [3.63, 3.8) is 0 Å². The van der Waals surface area contributed by atoms with E-state index in [4.69, 9.17) is 0 Å². The standard InChI is InChI=1S/C14H13F3N2O3/c1-8-12(13(20)21)11(18-19(8)2)7-9-3-5-10(6-4-9)22-14(15,16)17/h3-6H,7H2,1-2H3,(H,20,21). The van der Waals surface area contributed by atoms with E-state index in [2.05, 4.69) is 9.84 Å². The highest BCUT2D eigenvalue weighted by atomic mass is 19.4. The second kappa shape index (κ2) is 5.70. The topological polar surface area (TPSA) is 64.3 Å². The van der Waals surface area contributed by atoms with Gasteiger partial charge in [0.15, 0.2) is 0 Å². The Morgan fingerprint density at radius 2 is 1.91 bits per heavy atom. The highest BCUT2D eigenvalue weighted by Gasteiger charge is 2.31. The summed E-state index contributed by atoms with van der Waals surface area (Å²) in [5, 5.41) is 13.3. The summed E-state index contributed by atoms with van der Waals surface area (Å²) in [6.45, 7) is 1.64. The van der Waals surface area contributed by atoms with Crippen LogP contribution >= 0.6 is 0 Å². The molecule has 0 aliphatic rings. The Morgan fingerprint density at radius 1 is 1.32 bits per heavy atom. The Bertz CT molecular complexity index is 691. The molecule has 0 aliphatic heterocycles. The van der Waals surface area contributed by atoms with E-state index in [9.17, 15) is 23.1 Å². The van der Waals surface area contributed by atoms with Gasteiger partial charge in [0.25, 0.3) is 0 Å². The number of benzene rings is 1. The molecule has 0 saturated heterocycles. The minimum absolute atomic E-state index is 0.109. The van der Waals surface area contributed by atoms with E-state index in [0.29, 0.717) is 17.0 Å². The molecular weight excluding hydrogens is 301 g/mol. The molecule has 1 aromatic heterocycles. The first-order valence-electron chi connectivity index (χ1n) is 6.28. The quantitative estimate of drug-likeness (QED) is 0.942. The predicted octanol–water partition coefficient (Wildman–Crippen LogP) is 2.92. The lowest BCUT2D eigenvalue weighted by atomic mass is 10.1. The molecule has 1 heterocycles. The largest absolute Gasteiger partial charge is 0.573 e. The van der Waals surface area contributed by atoms with Gasteiger partial charge >= 0.3 is 12.3 Å². The van der Waals surface area contributed by atoms with E-state index in [1.54, 1.807) is 14.0 Å². The molecule has 5 nitrogen and oxygen atoms in total. The third-order valence-corrected chi connectivity index (χ3v) is 3.15. The summed E-state index contributed by atoms with van der Waals surface area (Å²) in [7, 11) is 1.63. The van der Waals surface area contributed by atoms with Crippen molar-refractivity contribution in [3.8, 4) is 5.75 Å². The number of aromatic carboxylic acids is 1. The van der Waals surface area contributed by atoms with Gasteiger partial charge in [-0.3, -0.25) is 4.68 Å². The summed E-state index contributed by atoms with van der Waals surface area (Å²) in [6, 6.07) is 5.24. The number of hydrogen-bond donors (Lipinski definition) is 1. The Morgan fingerprint density at radius 3 is 2.41 bits per heavy atom. The number of ether oxygens (including phenoxy) is 1. The van der Waals surface area contributed by atoms with Crippen LogP contribution in [-0.4, -0.2) is 27.2 Å². The lowest BCUT2D eigenvalue weighted by Gasteiger charge is -2.09. The third kappa shape index (κ3) is 3.57. The van der Waals surface area contributed by atoms with E-state index >= 15 is 0 Å². The second-order valence-electron chi connectivity index (χ2n) is 4.70. The number of carboxylic acids is 1. The van der Waals surface area contributed by atoms with Gasteiger partial charge in [-0.2, -0.15) is 5.10 Å². The smallest absolute Gasteiger partial charge is 0.478 e. The summed E-state index contributed by atoms with van der Waals surface area (Å²) in [4.78, 5) is 11.3. The van der Waals surface area contributed by atoms with Crippen LogP contribution < -0.4 is 4.74 Å². The fourth-order valence-electron chi connectivity index (χ4n) is 2.08. The first-order chi connectivity index (χ1) is 10.2. The molecule has 0 unspecified atom stereocenters. The van der Waals surface area contributed by atoms with Crippen molar-refractivity contribution in [2.24, 2.45) is 7.05 Å². The number of alkyl halides is 3. The SMILES string of the molecule is Cc1c(C(=O)O)c(Cc2ccc(OC(F)(F)F)cc2)nn1C. The van der Waals surface area contributed by atoms with Crippen LogP contribution in [0, 0.1) is 6.92 Å². The fraction of sp³-hybridized carbons (Fsp3) is 0.286. The molecule has 0 bridgehead atoms. The molecule has 0 radical (unpaired) electrons. The van der Waals surface area contributed by atoms with Crippen LogP contribution in [0.15, 0.2) is 24.3 Å². The second-order valence-corrected chi connectivity index (χ2v) is 4.70. The highest BCUT2D eigenvalue weighted by molar-refractivity contribution is 5.90. The normalized spacial score (nSPS) is 11.5. The minimum Gasteiger partial charge on any atom is -0.478 e. The number of halogens is 3. The molecule has 0 aliphatic carbocycles. The third-order valence-electron chi connectivity index (χ3n) is 3.15. The van der Waals surface area contributed by atoms with E-state index in [0.717, 1.165) is 0 Å². The molecule has 22 heavy (non-hydrogen) atoms. The maximum atomic E-state index is 12.1. The van der Waals surface area contributed by atoms with Crippen LogP contribution in [-0.2, 0) is 13.5 Å². The number of hydrogen-bond acceptors (Lipinski definition) is 3. The molecular formula is C14H13F3N2O3. The van der Waals surface area contributed by atoms with Crippen molar-refractivity contribution in [1.29, 1.82) is 0 Å². The Hall–Kier alpha value is -2.51. The van der Waals surface area contributed by atoms with E-state index in [1.807, 2.05) is 0 Å². The van der Waals surface area contributed by atoms with E-state index in [-0.39, 0.29) is 17.7 Å². The molecule has 0 amide bonds. The Kier molecular flexibility index (Phi) is 4.11. The molecule has 0 atom stereocenters. The first-order valence-corrected chi connectivity index (χ1v) is 6.28. The zero-order valence-corrected chi connectivity index (χ0v) is 11.8. The molecule has 0 fully saturated rings. The molecule has 0 saturated carbocycles. The first kappa shape index (κ1) is 15.9. The number of carbonyl (C=O) groups is 1. The lowest BCUT2D eigenvalue weighted by molar-refractivity contribution is -0.274. The summed E-state index contributed by atoms with van der Waals surface area (Å²) in [6.07, 6.45) is -4.54. The number of carboxylic acid groups (broad SMARTS) is 1. The van der Waals surface area contributed by atoms with Crippen molar-refractivity contribution in [3.05, 3.63) is 46.8 Å². The van der Waals surface area contributed by atoms with Gasteiger partial charge in [0.1, 0.15) is 11.3 Å². The summed E-state index contributed by atoms with van der Waals surface area (Å²) in [5.74, 6) is -1.41.